The topological polar surface area (TPSA) is 127 Å². The van der Waals surface area contributed by atoms with E-state index in [1.54, 1.807) is 71.6 Å². The highest BCUT2D eigenvalue weighted by molar-refractivity contribution is 7.92. The lowest BCUT2D eigenvalue weighted by molar-refractivity contribution is -0.137. The van der Waals surface area contributed by atoms with Gasteiger partial charge in [0.1, 0.15) is 18.0 Å². The molecular weight excluding hydrogens is 536 g/mol. The minimum atomic E-state index is -4.09. The number of sulfonamides is 1. The van der Waals surface area contributed by atoms with Crippen LogP contribution in [-0.2, 0) is 24.3 Å². The fourth-order valence-electron chi connectivity index (χ4n) is 3.90. The molecule has 2 amide bonds. The highest BCUT2D eigenvalue weighted by Crippen LogP contribution is 2.32. The number of hydrogen-bond donors (Lipinski definition) is 1. The van der Waals surface area contributed by atoms with Crippen molar-refractivity contribution in [1.29, 1.82) is 0 Å². The molecule has 0 bridgehead atoms. The average Bonchev–Trinajstić information content (AvgIpc) is 3.00. The number of hydrogen-bond acceptors (Lipinski definition) is 8. The number of nitrogens with one attached hydrogen (secondary N) is 1. The molecule has 1 fully saturated rings. The van der Waals surface area contributed by atoms with Gasteiger partial charge in [-0.3, -0.25) is 13.9 Å². The van der Waals surface area contributed by atoms with E-state index in [4.69, 9.17) is 14.2 Å². The summed E-state index contributed by atoms with van der Waals surface area (Å²) in [6.45, 7) is 1.56. The SMILES string of the molecule is COc1ccccc1N(CC(=O)N/N=C\c1ccc(OCC(=O)N2CCOCC2)cc1)S(=O)(=O)c1ccccc1. The smallest absolute Gasteiger partial charge is 0.264 e. The van der Waals surface area contributed by atoms with Crippen LogP contribution < -0.4 is 19.2 Å². The van der Waals surface area contributed by atoms with Crippen LogP contribution in [0.4, 0.5) is 5.69 Å². The number of rotatable bonds is 11. The van der Waals surface area contributed by atoms with Gasteiger partial charge in [0.25, 0.3) is 21.8 Å². The van der Waals surface area contributed by atoms with Gasteiger partial charge in [-0.1, -0.05) is 30.3 Å². The van der Waals surface area contributed by atoms with Gasteiger partial charge in [-0.05, 0) is 54.1 Å². The summed E-state index contributed by atoms with van der Waals surface area (Å²) in [7, 11) is -2.66. The zero-order chi connectivity index (χ0) is 28.4. The molecule has 0 spiro atoms. The molecule has 1 aliphatic rings. The van der Waals surface area contributed by atoms with E-state index >= 15 is 0 Å². The second-order valence-corrected chi connectivity index (χ2v) is 10.5. The molecular formula is C28H30N4O7S. The van der Waals surface area contributed by atoms with Crippen LogP contribution in [0.15, 0.2) is 88.9 Å². The van der Waals surface area contributed by atoms with Crippen LogP contribution in [0, 0.1) is 0 Å². The van der Waals surface area contributed by atoms with E-state index in [9.17, 15) is 18.0 Å². The Bertz CT molecular complexity index is 1420. The predicted molar refractivity (Wildman–Crippen MR) is 149 cm³/mol. The zero-order valence-corrected chi connectivity index (χ0v) is 22.7. The Kier molecular flexibility index (Phi) is 9.71. The summed E-state index contributed by atoms with van der Waals surface area (Å²) in [6, 6.07) is 21.2. The van der Waals surface area contributed by atoms with Crippen LogP contribution in [0.25, 0.3) is 0 Å². The second kappa shape index (κ2) is 13.6. The van der Waals surface area contributed by atoms with E-state index in [1.807, 2.05) is 0 Å². The van der Waals surface area contributed by atoms with Gasteiger partial charge in [-0.2, -0.15) is 5.10 Å². The first kappa shape index (κ1) is 28.6. The first-order chi connectivity index (χ1) is 19.4. The summed E-state index contributed by atoms with van der Waals surface area (Å²) < 4.78 is 44.1. The van der Waals surface area contributed by atoms with Gasteiger partial charge in [0.2, 0.25) is 0 Å². The fraction of sp³-hybridized carbons (Fsp3) is 0.250. The van der Waals surface area contributed by atoms with E-state index in [0.717, 1.165) is 4.31 Å². The molecule has 0 aliphatic carbocycles. The largest absolute Gasteiger partial charge is 0.495 e. The number of methoxy groups -OCH3 is 1. The Hall–Kier alpha value is -4.42. The number of anilines is 1. The Morgan fingerprint density at radius 1 is 1.00 bits per heavy atom. The quantitative estimate of drug-likeness (QED) is 0.279. The monoisotopic (exact) mass is 566 g/mol. The number of hydrazone groups is 1. The standard InChI is InChI=1S/C28H30N4O7S/c1-37-26-10-6-5-9-25(26)32(40(35,36)24-7-3-2-4-8-24)20-27(33)30-29-19-22-11-13-23(14-12-22)39-21-28(34)31-15-17-38-18-16-31/h2-14,19H,15-18,20-21H2,1H3,(H,30,33)/b29-19-. The van der Waals surface area contributed by atoms with Crippen LogP contribution in [-0.4, -0.2) is 77.9 Å². The lowest BCUT2D eigenvalue weighted by Gasteiger charge is -2.26. The van der Waals surface area contributed by atoms with Crippen LogP contribution in [0.2, 0.25) is 0 Å². The van der Waals surface area contributed by atoms with E-state index in [1.165, 1.54) is 25.5 Å². The van der Waals surface area contributed by atoms with Crippen LogP contribution >= 0.6 is 0 Å². The normalized spacial score (nSPS) is 13.6. The molecule has 1 saturated heterocycles. The number of benzene rings is 3. The van der Waals surface area contributed by atoms with Crippen molar-refractivity contribution in [2.24, 2.45) is 5.10 Å². The van der Waals surface area contributed by atoms with Gasteiger partial charge >= 0.3 is 0 Å². The second-order valence-electron chi connectivity index (χ2n) is 8.64. The molecule has 0 atom stereocenters. The van der Waals surface area contributed by atoms with E-state index in [-0.39, 0.29) is 23.1 Å². The van der Waals surface area contributed by atoms with E-state index < -0.39 is 22.5 Å². The zero-order valence-electron chi connectivity index (χ0n) is 21.9. The first-order valence-corrected chi connectivity index (χ1v) is 13.9. The number of ether oxygens (including phenoxy) is 3. The van der Waals surface area contributed by atoms with Crippen molar-refractivity contribution in [1.82, 2.24) is 10.3 Å². The van der Waals surface area contributed by atoms with Gasteiger partial charge < -0.3 is 19.1 Å². The fourth-order valence-corrected chi connectivity index (χ4v) is 5.35. The van der Waals surface area contributed by atoms with Crippen molar-refractivity contribution in [2.45, 2.75) is 4.90 Å². The maximum Gasteiger partial charge on any atom is 0.264 e. The van der Waals surface area contributed by atoms with E-state index in [2.05, 4.69) is 10.5 Å². The predicted octanol–water partition coefficient (Wildman–Crippen LogP) is 2.28. The molecule has 0 radical (unpaired) electrons. The summed E-state index contributed by atoms with van der Waals surface area (Å²) in [6.07, 6.45) is 1.42. The van der Waals surface area contributed by atoms with Crippen molar-refractivity contribution in [2.75, 3.05) is 50.9 Å². The molecule has 40 heavy (non-hydrogen) atoms. The summed E-state index contributed by atoms with van der Waals surface area (Å²) in [5, 5.41) is 3.96. The highest BCUT2D eigenvalue weighted by Gasteiger charge is 2.29. The van der Waals surface area contributed by atoms with E-state index in [0.29, 0.717) is 43.4 Å². The molecule has 1 N–H and O–H groups in total. The Morgan fingerprint density at radius 3 is 2.38 bits per heavy atom. The van der Waals surface area contributed by atoms with Crippen LogP contribution in [0.1, 0.15) is 5.56 Å². The molecule has 210 valence electrons. The summed E-state index contributed by atoms with van der Waals surface area (Å²) >= 11 is 0. The van der Waals surface area contributed by atoms with Gasteiger partial charge in [0, 0.05) is 13.1 Å². The van der Waals surface area contributed by atoms with Crippen molar-refractivity contribution in [3.8, 4) is 11.5 Å². The number of para-hydroxylation sites is 2. The molecule has 1 aliphatic heterocycles. The number of carbonyl (C=O) groups is 2. The van der Waals surface area contributed by atoms with Crippen molar-refractivity contribution >= 4 is 33.7 Å². The Balaban J connectivity index is 1.38. The summed E-state index contributed by atoms with van der Waals surface area (Å²) in [5.41, 5.74) is 3.25. The Labute approximate surface area is 233 Å². The maximum atomic E-state index is 13.5. The minimum absolute atomic E-state index is 0.0335. The van der Waals surface area contributed by atoms with Gasteiger partial charge in [0.15, 0.2) is 6.61 Å². The third-order valence-electron chi connectivity index (χ3n) is 5.98. The van der Waals surface area contributed by atoms with Crippen molar-refractivity contribution in [3.63, 3.8) is 0 Å². The van der Waals surface area contributed by atoms with Gasteiger partial charge in [-0.15, -0.1) is 0 Å². The number of nitrogens with zero attached hydrogens (tertiary/aromatic N) is 3. The lowest BCUT2D eigenvalue weighted by atomic mass is 10.2. The van der Waals surface area contributed by atoms with Crippen molar-refractivity contribution < 1.29 is 32.2 Å². The molecule has 0 unspecified atom stereocenters. The van der Waals surface area contributed by atoms with Gasteiger partial charge in [0.05, 0.1) is 37.1 Å². The molecule has 11 nitrogen and oxygen atoms in total. The molecule has 3 aromatic carbocycles. The molecule has 4 rings (SSSR count). The first-order valence-electron chi connectivity index (χ1n) is 12.5. The van der Waals surface area contributed by atoms with Gasteiger partial charge in [-0.25, -0.2) is 13.8 Å². The summed E-state index contributed by atoms with van der Waals surface area (Å²) in [4.78, 5) is 26.8. The average molecular weight is 567 g/mol. The molecule has 1 heterocycles. The number of carbonyl (C=O) groups excluding carboxylic acids is 2. The molecule has 0 aromatic heterocycles. The Morgan fingerprint density at radius 2 is 1.68 bits per heavy atom. The minimum Gasteiger partial charge on any atom is -0.495 e. The van der Waals surface area contributed by atoms with Crippen LogP contribution in [0.3, 0.4) is 0 Å². The molecule has 3 aromatic rings. The lowest BCUT2D eigenvalue weighted by Crippen LogP contribution is -2.42. The highest BCUT2D eigenvalue weighted by atomic mass is 32.2. The molecule has 0 saturated carbocycles. The summed E-state index contributed by atoms with van der Waals surface area (Å²) in [5.74, 6) is 0.0602. The van der Waals surface area contributed by atoms with Crippen molar-refractivity contribution in [3.05, 3.63) is 84.4 Å². The third kappa shape index (κ3) is 7.36. The number of amides is 2. The molecule has 12 heteroatoms. The van der Waals surface area contributed by atoms with Crippen LogP contribution in [0.5, 0.6) is 11.5 Å². The maximum absolute atomic E-state index is 13.5. The third-order valence-corrected chi connectivity index (χ3v) is 7.76. The number of morpholine rings is 1.